The average molecular weight is 399 g/mol. The molecule has 0 aliphatic rings. The van der Waals surface area contributed by atoms with E-state index in [0.29, 0.717) is 17.1 Å². The highest BCUT2D eigenvalue weighted by atomic mass is 16.2. The summed E-state index contributed by atoms with van der Waals surface area (Å²) in [5.74, 6) is 0.225. The number of hydrogen-bond donors (Lipinski definition) is 1. The molecule has 0 aliphatic heterocycles. The molecular formula is C23H21N5O2. The first-order valence-electron chi connectivity index (χ1n) is 9.52. The number of aryl methyl sites for hydroxylation is 2. The van der Waals surface area contributed by atoms with Crippen molar-refractivity contribution in [2.24, 2.45) is 7.05 Å². The highest BCUT2D eigenvalue weighted by Gasteiger charge is 2.24. The van der Waals surface area contributed by atoms with E-state index in [1.54, 1.807) is 49.9 Å². The number of benzene rings is 1. The monoisotopic (exact) mass is 399 g/mol. The van der Waals surface area contributed by atoms with Gasteiger partial charge in [0.05, 0.1) is 11.9 Å². The van der Waals surface area contributed by atoms with Crippen LogP contribution in [0.25, 0.3) is 5.69 Å². The van der Waals surface area contributed by atoms with Gasteiger partial charge in [0.15, 0.2) is 0 Å². The lowest BCUT2D eigenvalue weighted by Gasteiger charge is -2.20. The van der Waals surface area contributed by atoms with Crippen LogP contribution in [-0.4, -0.2) is 25.0 Å². The van der Waals surface area contributed by atoms with Crippen molar-refractivity contribution in [2.45, 2.75) is 13.0 Å². The van der Waals surface area contributed by atoms with Crippen molar-refractivity contribution in [1.29, 1.82) is 0 Å². The molecule has 4 aromatic rings. The number of aromatic nitrogens is 4. The van der Waals surface area contributed by atoms with E-state index < -0.39 is 17.5 Å². The molecule has 1 aromatic carbocycles. The first-order chi connectivity index (χ1) is 14.6. The van der Waals surface area contributed by atoms with Crippen LogP contribution in [0.15, 0.2) is 84.3 Å². The van der Waals surface area contributed by atoms with E-state index in [9.17, 15) is 9.59 Å². The molecule has 0 radical (unpaired) electrons. The molecule has 3 heterocycles. The van der Waals surface area contributed by atoms with Crippen LogP contribution in [0.1, 0.15) is 33.4 Å². The lowest BCUT2D eigenvalue weighted by molar-refractivity contribution is 0.0938. The Bertz CT molecular complexity index is 1230. The Morgan fingerprint density at radius 3 is 2.50 bits per heavy atom. The average Bonchev–Trinajstić information content (AvgIpc) is 3.19. The Morgan fingerprint density at radius 1 is 1.03 bits per heavy atom. The molecule has 0 saturated heterocycles. The second-order valence-electron chi connectivity index (χ2n) is 6.97. The van der Waals surface area contributed by atoms with Gasteiger partial charge in [-0.25, -0.2) is 4.98 Å². The zero-order valence-corrected chi connectivity index (χ0v) is 16.7. The summed E-state index contributed by atoms with van der Waals surface area (Å²) in [6, 6.07) is 14.3. The molecule has 4 rings (SSSR count). The molecule has 30 heavy (non-hydrogen) atoms. The second-order valence-corrected chi connectivity index (χ2v) is 6.97. The number of nitrogens with one attached hydrogen (secondary N) is 1. The van der Waals surface area contributed by atoms with Gasteiger partial charge < -0.3 is 9.88 Å². The summed E-state index contributed by atoms with van der Waals surface area (Å²) in [6.45, 7) is 1.75. The highest BCUT2D eigenvalue weighted by Crippen LogP contribution is 2.21. The topological polar surface area (TPSA) is 81.8 Å². The van der Waals surface area contributed by atoms with Crippen molar-refractivity contribution in [3.63, 3.8) is 0 Å². The van der Waals surface area contributed by atoms with E-state index in [1.165, 1.54) is 4.57 Å². The van der Waals surface area contributed by atoms with Gasteiger partial charge in [-0.1, -0.05) is 30.3 Å². The minimum atomic E-state index is -0.496. The fourth-order valence-corrected chi connectivity index (χ4v) is 3.40. The Labute approximate surface area is 173 Å². The van der Waals surface area contributed by atoms with Gasteiger partial charge in [0.1, 0.15) is 17.4 Å². The van der Waals surface area contributed by atoms with Crippen molar-refractivity contribution in [2.75, 3.05) is 0 Å². The van der Waals surface area contributed by atoms with E-state index in [-0.39, 0.29) is 5.56 Å². The summed E-state index contributed by atoms with van der Waals surface area (Å²) in [4.78, 5) is 34.9. The first-order valence-corrected chi connectivity index (χ1v) is 9.52. The smallest absolute Gasteiger partial charge is 0.268 e. The van der Waals surface area contributed by atoms with E-state index in [1.807, 2.05) is 48.1 Å². The lowest BCUT2D eigenvalue weighted by Crippen LogP contribution is -2.36. The van der Waals surface area contributed by atoms with Crippen molar-refractivity contribution >= 4 is 5.91 Å². The quantitative estimate of drug-likeness (QED) is 0.560. The summed E-state index contributed by atoms with van der Waals surface area (Å²) in [5, 5.41) is 3.00. The maximum atomic E-state index is 13.3. The molecule has 1 unspecified atom stereocenters. The number of amides is 1. The van der Waals surface area contributed by atoms with Gasteiger partial charge in [0.2, 0.25) is 0 Å². The minimum absolute atomic E-state index is 0.0940. The predicted octanol–water partition coefficient (Wildman–Crippen LogP) is 2.79. The molecule has 7 heteroatoms. The third-order valence-electron chi connectivity index (χ3n) is 4.98. The van der Waals surface area contributed by atoms with Crippen LogP contribution in [0.3, 0.4) is 0 Å². The lowest BCUT2D eigenvalue weighted by atomic mass is 10.0. The number of hydrogen-bond acceptors (Lipinski definition) is 4. The van der Waals surface area contributed by atoms with Gasteiger partial charge in [-0.05, 0) is 36.2 Å². The van der Waals surface area contributed by atoms with Crippen LogP contribution in [0.4, 0.5) is 0 Å². The highest BCUT2D eigenvalue weighted by molar-refractivity contribution is 5.95. The Morgan fingerprint density at radius 2 is 1.83 bits per heavy atom. The van der Waals surface area contributed by atoms with Crippen molar-refractivity contribution in [3.8, 4) is 5.69 Å². The molecule has 1 atom stereocenters. The van der Waals surface area contributed by atoms with Gasteiger partial charge in [0, 0.05) is 31.8 Å². The van der Waals surface area contributed by atoms with Crippen LogP contribution in [0, 0.1) is 6.92 Å². The van der Waals surface area contributed by atoms with E-state index in [0.717, 1.165) is 5.56 Å². The van der Waals surface area contributed by atoms with E-state index >= 15 is 0 Å². The van der Waals surface area contributed by atoms with E-state index in [4.69, 9.17) is 0 Å². The van der Waals surface area contributed by atoms with Crippen LogP contribution >= 0.6 is 0 Å². The van der Waals surface area contributed by atoms with Gasteiger partial charge in [-0.2, -0.15) is 0 Å². The van der Waals surface area contributed by atoms with Crippen LogP contribution in [0.2, 0.25) is 0 Å². The Hall–Kier alpha value is -4.00. The summed E-state index contributed by atoms with van der Waals surface area (Å²) in [6.07, 6.45) is 8.37. The molecule has 0 aliphatic carbocycles. The standard InChI is InChI=1S/C23H21N5O2/c1-16-10-13-28(18-9-6-11-24-15-18)23(30)19(16)22(29)26-20(17-7-4-3-5-8-17)21-25-12-14-27(21)2/h3-15,20H,1-2H3,(H,26,29). The SMILES string of the molecule is Cc1ccn(-c2cccnc2)c(=O)c1C(=O)NC(c1ccccc1)c1nccn1C. The molecule has 0 bridgehead atoms. The van der Waals surface area contributed by atoms with Crippen LogP contribution in [-0.2, 0) is 7.05 Å². The molecule has 0 spiro atoms. The minimum Gasteiger partial charge on any atom is -0.338 e. The zero-order chi connectivity index (χ0) is 21.1. The van der Waals surface area contributed by atoms with Gasteiger partial charge in [-0.15, -0.1) is 0 Å². The second kappa shape index (κ2) is 8.16. The predicted molar refractivity (Wildman–Crippen MR) is 114 cm³/mol. The number of carbonyl (C=O) groups is 1. The maximum Gasteiger partial charge on any atom is 0.268 e. The normalized spacial score (nSPS) is 11.8. The largest absolute Gasteiger partial charge is 0.338 e. The Balaban J connectivity index is 1.75. The molecule has 0 fully saturated rings. The summed E-state index contributed by atoms with van der Waals surface area (Å²) in [7, 11) is 1.87. The molecule has 1 amide bonds. The fraction of sp³-hybridized carbons (Fsp3) is 0.130. The molecule has 3 aromatic heterocycles. The van der Waals surface area contributed by atoms with Crippen molar-refractivity contribution < 1.29 is 4.79 Å². The third-order valence-corrected chi connectivity index (χ3v) is 4.98. The van der Waals surface area contributed by atoms with Crippen LogP contribution < -0.4 is 10.9 Å². The molecular weight excluding hydrogens is 378 g/mol. The number of pyridine rings is 2. The van der Waals surface area contributed by atoms with Crippen molar-refractivity contribution in [1.82, 2.24) is 24.4 Å². The molecule has 150 valence electrons. The number of nitrogens with zero attached hydrogens (tertiary/aromatic N) is 4. The summed E-state index contributed by atoms with van der Waals surface area (Å²) in [5.41, 5.74) is 1.77. The van der Waals surface area contributed by atoms with Gasteiger partial charge in [0.25, 0.3) is 11.5 Å². The van der Waals surface area contributed by atoms with Crippen LogP contribution in [0.5, 0.6) is 0 Å². The summed E-state index contributed by atoms with van der Waals surface area (Å²) < 4.78 is 3.27. The molecule has 0 saturated carbocycles. The van der Waals surface area contributed by atoms with Gasteiger partial charge >= 0.3 is 0 Å². The maximum absolute atomic E-state index is 13.3. The third kappa shape index (κ3) is 3.65. The fourth-order valence-electron chi connectivity index (χ4n) is 3.40. The van der Waals surface area contributed by atoms with Crippen molar-refractivity contribution in [3.05, 3.63) is 112 Å². The zero-order valence-electron chi connectivity index (χ0n) is 16.7. The number of rotatable bonds is 5. The number of imidazole rings is 1. The number of carbonyl (C=O) groups excluding carboxylic acids is 1. The van der Waals surface area contributed by atoms with Gasteiger partial charge in [-0.3, -0.25) is 19.1 Å². The molecule has 1 N–H and O–H groups in total. The molecule has 7 nitrogen and oxygen atoms in total. The Kier molecular flexibility index (Phi) is 5.26. The van der Waals surface area contributed by atoms with E-state index in [2.05, 4.69) is 15.3 Å². The first kappa shape index (κ1) is 19.3. The summed E-state index contributed by atoms with van der Waals surface area (Å²) >= 11 is 0.